The zero-order valence-corrected chi connectivity index (χ0v) is 12.7. The molecule has 21 heavy (non-hydrogen) atoms. The zero-order chi connectivity index (χ0) is 14.8. The summed E-state index contributed by atoms with van der Waals surface area (Å²) in [6.45, 7) is 3.62. The lowest BCUT2D eigenvalue weighted by molar-refractivity contribution is -0.00874. The predicted octanol–water partition coefficient (Wildman–Crippen LogP) is 2.86. The maximum Gasteiger partial charge on any atom is 0.123 e. The first-order chi connectivity index (χ1) is 10.1. The molecule has 0 radical (unpaired) electrons. The molecule has 1 aliphatic carbocycles. The molecule has 116 valence electrons. The van der Waals surface area contributed by atoms with Gasteiger partial charge in [-0.25, -0.2) is 4.39 Å². The molecule has 0 bridgehead atoms. The second-order valence-corrected chi connectivity index (χ2v) is 6.41. The molecule has 3 atom stereocenters. The Kier molecular flexibility index (Phi) is 4.45. The van der Waals surface area contributed by atoms with Gasteiger partial charge in [0.2, 0.25) is 0 Å². The molecule has 0 spiro atoms. The van der Waals surface area contributed by atoms with Crippen molar-refractivity contribution in [2.75, 3.05) is 18.1 Å². The fraction of sp³-hybridized carbons (Fsp3) is 0.647. The summed E-state index contributed by atoms with van der Waals surface area (Å²) >= 11 is 0. The molecule has 3 unspecified atom stereocenters. The molecule has 0 aromatic heterocycles. The number of morpholine rings is 1. The van der Waals surface area contributed by atoms with Crippen molar-refractivity contribution in [1.29, 1.82) is 0 Å². The average molecular weight is 292 g/mol. The summed E-state index contributed by atoms with van der Waals surface area (Å²) < 4.78 is 19.6. The van der Waals surface area contributed by atoms with Crippen LogP contribution in [0.4, 0.5) is 10.1 Å². The number of fused-ring (bicyclic) bond motifs is 1. The summed E-state index contributed by atoms with van der Waals surface area (Å²) in [5.74, 6) is -0.178. The van der Waals surface area contributed by atoms with Crippen molar-refractivity contribution in [3.63, 3.8) is 0 Å². The van der Waals surface area contributed by atoms with Crippen LogP contribution in [0.5, 0.6) is 0 Å². The van der Waals surface area contributed by atoms with Gasteiger partial charge in [-0.2, -0.15) is 0 Å². The van der Waals surface area contributed by atoms with Crippen LogP contribution in [-0.4, -0.2) is 31.3 Å². The van der Waals surface area contributed by atoms with E-state index in [4.69, 9.17) is 10.5 Å². The normalized spacial score (nSPS) is 27.3. The fourth-order valence-corrected chi connectivity index (χ4v) is 3.74. The first-order valence-corrected chi connectivity index (χ1v) is 8.07. The van der Waals surface area contributed by atoms with Gasteiger partial charge in [-0.15, -0.1) is 0 Å². The Hall–Kier alpha value is -1.13. The van der Waals surface area contributed by atoms with Crippen LogP contribution in [0.2, 0.25) is 0 Å². The summed E-state index contributed by atoms with van der Waals surface area (Å²) in [5.41, 5.74) is 8.11. The second kappa shape index (κ2) is 6.32. The molecule has 0 amide bonds. The highest BCUT2D eigenvalue weighted by Gasteiger charge is 2.35. The van der Waals surface area contributed by atoms with E-state index in [2.05, 4.69) is 4.90 Å². The van der Waals surface area contributed by atoms with Crippen LogP contribution < -0.4 is 10.6 Å². The van der Waals surface area contributed by atoms with Gasteiger partial charge >= 0.3 is 0 Å². The van der Waals surface area contributed by atoms with E-state index in [1.807, 2.05) is 13.0 Å². The third-order valence-corrected chi connectivity index (χ3v) is 4.62. The summed E-state index contributed by atoms with van der Waals surface area (Å²) in [5, 5.41) is 0. The number of benzene rings is 1. The largest absolute Gasteiger partial charge is 0.374 e. The summed E-state index contributed by atoms with van der Waals surface area (Å²) in [4.78, 5) is 2.44. The van der Waals surface area contributed by atoms with Crippen molar-refractivity contribution in [3.05, 3.63) is 29.6 Å². The van der Waals surface area contributed by atoms with E-state index >= 15 is 0 Å². The quantitative estimate of drug-likeness (QED) is 0.931. The van der Waals surface area contributed by atoms with Gasteiger partial charge < -0.3 is 15.4 Å². The fourth-order valence-electron chi connectivity index (χ4n) is 3.74. The van der Waals surface area contributed by atoms with E-state index in [0.717, 1.165) is 30.8 Å². The number of anilines is 1. The molecule has 1 aromatic carbocycles. The molecule has 1 saturated carbocycles. The molecule has 3 nitrogen and oxygen atoms in total. The maximum absolute atomic E-state index is 13.6. The van der Waals surface area contributed by atoms with E-state index in [-0.39, 0.29) is 11.9 Å². The van der Waals surface area contributed by atoms with E-state index in [1.165, 1.54) is 19.3 Å². The van der Waals surface area contributed by atoms with Crippen molar-refractivity contribution in [2.24, 2.45) is 5.73 Å². The topological polar surface area (TPSA) is 38.5 Å². The first kappa shape index (κ1) is 14.8. The smallest absolute Gasteiger partial charge is 0.123 e. The highest BCUT2D eigenvalue weighted by molar-refractivity contribution is 5.55. The number of hydrogen-bond acceptors (Lipinski definition) is 3. The van der Waals surface area contributed by atoms with Crippen molar-refractivity contribution in [2.45, 2.75) is 57.2 Å². The molecule has 1 aromatic rings. The molecule has 1 aliphatic heterocycles. The van der Waals surface area contributed by atoms with Crippen LogP contribution in [0.15, 0.2) is 18.2 Å². The lowest BCUT2D eigenvalue weighted by atomic mass is 9.89. The number of nitrogens with two attached hydrogens (primary N) is 1. The molecule has 2 N–H and O–H groups in total. The van der Waals surface area contributed by atoms with E-state index in [0.29, 0.717) is 18.6 Å². The molecule has 4 heteroatoms. The van der Waals surface area contributed by atoms with Gasteiger partial charge in [-0.1, -0.05) is 12.8 Å². The molecule has 2 aliphatic rings. The van der Waals surface area contributed by atoms with E-state index in [9.17, 15) is 4.39 Å². The van der Waals surface area contributed by atoms with Crippen LogP contribution >= 0.6 is 0 Å². The maximum atomic E-state index is 13.6. The Morgan fingerprint density at radius 2 is 2.19 bits per heavy atom. The number of halogens is 1. The van der Waals surface area contributed by atoms with Crippen molar-refractivity contribution < 1.29 is 9.13 Å². The molecule has 2 fully saturated rings. The van der Waals surface area contributed by atoms with Gasteiger partial charge in [0.25, 0.3) is 0 Å². The molecule has 1 heterocycles. The summed E-state index contributed by atoms with van der Waals surface area (Å²) in [6.07, 6.45) is 5.86. The molecular formula is C17H25FN2O. The van der Waals surface area contributed by atoms with Crippen LogP contribution in [0.1, 0.15) is 38.2 Å². The Morgan fingerprint density at radius 1 is 1.38 bits per heavy atom. The minimum atomic E-state index is -0.178. The van der Waals surface area contributed by atoms with Gasteiger partial charge in [-0.3, -0.25) is 0 Å². The standard InChI is InChI=1S/C17H25FN2O/c1-12(19)10-13-11-14(18)6-7-15(13)20-8-9-21-17-5-3-2-4-16(17)20/h6-7,11-12,16-17H,2-5,8-10,19H2,1H3. The van der Waals surface area contributed by atoms with Gasteiger partial charge in [0.1, 0.15) is 5.82 Å². The van der Waals surface area contributed by atoms with Crippen molar-refractivity contribution in [3.8, 4) is 0 Å². The third-order valence-electron chi connectivity index (χ3n) is 4.62. The van der Waals surface area contributed by atoms with Crippen molar-refractivity contribution in [1.82, 2.24) is 0 Å². The second-order valence-electron chi connectivity index (χ2n) is 6.41. The van der Waals surface area contributed by atoms with Crippen LogP contribution in [0, 0.1) is 5.82 Å². The molecule has 1 saturated heterocycles. The highest BCUT2D eigenvalue weighted by Crippen LogP contribution is 2.34. The van der Waals surface area contributed by atoms with E-state index in [1.54, 1.807) is 12.1 Å². The van der Waals surface area contributed by atoms with E-state index < -0.39 is 0 Å². The lowest BCUT2D eigenvalue weighted by Crippen LogP contribution is -2.53. The van der Waals surface area contributed by atoms with Crippen LogP contribution in [-0.2, 0) is 11.2 Å². The van der Waals surface area contributed by atoms with Crippen LogP contribution in [0.3, 0.4) is 0 Å². The number of nitrogens with zero attached hydrogens (tertiary/aromatic N) is 1. The van der Waals surface area contributed by atoms with Crippen LogP contribution in [0.25, 0.3) is 0 Å². The number of ether oxygens (including phenoxy) is 1. The molecule has 3 rings (SSSR count). The number of hydrogen-bond donors (Lipinski definition) is 1. The van der Waals surface area contributed by atoms with Gasteiger partial charge in [0, 0.05) is 18.3 Å². The van der Waals surface area contributed by atoms with Gasteiger partial charge in [0.05, 0.1) is 18.8 Å². The Labute approximate surface area is 126 Å². The minimum Gasteiger partial charge on any atom is -0.374 e. The van der Waals surface area contributed by atoms with Gasteiger partial charge in [0.15, 0.2) is 0 Å². The van der Waals surface area contributed by atoms with Crippen molar-refractivity contribution >= 4 is 5.69 Å². The minimum absolute atomic E-state index is 0.0359. The Balaban J connectivity index is 1.90. The highest BCUT2D eigenvalue weighted by atomic mass is 19.1. The Morgan fingerprint density at radius 3 is 3.00 bits per heavy atom. The average Bonchev–Trinajstić information content (AvgIpc) is 2.46. The first-order valence-electron chi connectivity index (χ1n) is 8.07. The SMILES string of the molecule is CC(N)Cc1cc(F)ccc1N1CCOC2CCCCC21. The van der Waals surface area contributed by atoms with Gasteiger partial charge in [-0.05, 0) is 49.9 Å². The molecular weight excluding hydrogens is 267 g/mol. The number of rotatable bonds is 3. The Bertz CT molecular complexity index is 490. The third kappa shape index (κ3) is 3.22. The predicted molar refractivity (Wildman–Crippen MR) is 83.1 cm³/mol. The zero-order valence-electron chi connectivity index (χ0n) is 12.7. The monoisotopic (exact) mass is 292 g/mol. The lowest BCUT2D eigenvalue weighted by Gasteiger charge is -2.45. The summed E-state index contributed by atoms with van der Waals surface area (Å²) in [6, 6.07) is 5.60. The summed E-state index contributed by atoms with van der Waals surface area (Å²) in [7, 11) is 0.